The van der Waals surface area contributed by atoms with Gasteiger partial charge in [0.25, 0.3) is 5.69 Å². The van der Waals surface area contributed by atoms with Crippen LogP contribution in [0.4, 0.5) is 11.4 Å². The van der Waals surface area contributed by atoms with Crippen molar-refractivity contribution in [3.05, 3.63) is 74.8 Å². The highest BCUT2D eigenvalue weighted by Gasteiger charge is 2.57. The fourth-order valence-corrected chi connectivity index (χ4v) is 6.53. The van der Waals surface area contributed by atoms with E-state index < -0.39 is 30.0 Å². The summed E-state index contributed by atoms with van der Waals surface area (Å²) in [5.41, 5.74) is 3.17. The maximum Gasteiger partial charge on any atom is 0.455 e. The number of imide groups is 1. The van der Waals surface area contributed by atoms with Crippen LogP contribution in [0.2, 0.25) is 6.32 Å². The second kappa shape index (κ2) is 11.5. The summed E-state index contributed by atoms with van der Waals surface area (Å²) in [5, 5.41) is 31.3. The molecule has 0 saturated carbocycles. The molecule has 0 unspecified atom stereocenters. The summed E-state index contributed by atoms with van der Waals surface area (Å²) in [6, 6.07) is 9.12. The van der Waals surface area contributed by atoms with Gasteiger partial charge in [-0.25, -0.2) is 4.90 Å². The summed E-state index contributed by atoms with van der Waals surface area (Å²) in [6.45, 7) is 3.88. The predicted octanol–water partition coefficient (Wildman–Crippen LogP) is 4.67. The molecule has 0 spiro atoms. The van der Waals surface area contributed by atoms with Gasteiger partial charge in [0.15, 0.2) is 0 Å². The van der Waals surface area contributed by atoms with Crippen molar-refractivity contribution in [1.82, 2.24) is 0 Å². The molecule has 2 aromatic rings. The molecule has 1 aromatic carbocycles. The number of benzene rings is 1. The molecule has 2 N–H and O–H groups in total. The number of rotatable bonds is 9. The Bertz CT molecular complexity index is 1380. The second-order valence-electron chi connectivity index (χ2n) is 10.8. The van der Waals surface area contributed by atoms with Crippen molar-refractivity contribution in [1.29, 1.82) is 0 Å². The minimum atomic E-state index is -1.07. The third-order valence-corrected chi connectivity index (χ3v) is 8.19. The van der Waals surface area contributed by atoms with Gasteiger partial charge in [-0.2, -0.15) is 0 Å². The van der Waals surface area contributed by atoms with Crippen LogP contribution in [0.15, 0.2) is 57.5 Å². The monoisotopic (exact) mass is 548 g/mol. The third kappa shape index (κ3) is 5.28. The SMILES string of the molecule is CCCC1=C2[C@@H](CC/C(C)=C/c3ccc(CO)o3)OB(O)C[C@@H]2[C@@H]2C(=O)N(c3cccc([N+](=O)[O-])c3)C(=O)[C@@H]2C1. The Morgan fingerprint density at radius 1 is 1.23 bits per heavy atom. The van der Waals surface area contributed by atoms with E-state index in [2.05, 4.69) is 6.92 Å². The van der Waals surface area contributed by atoms with E-state index in [-0.39, 0.29) is 42.0 Å². The number of anilines is 1. The molecule has 210 valence electrons. The van der Waals surface area contributed by atoms with E-state index in [0.717, 1.165) is 34.5 Å². The molecule has 4 atom stereocenters. The van der Waals surface area contributed by atoms with Gasteiger partial charge in [-0.1, -0.05) is 30.6 Å². The van der Waals surface area contributed by atoms with Gasteiger partial charge in [-0.3, -0.25) is 19.7 Å². The van der Waals surface area contributed by atoms with Crippen molar-refractivity contribution >= 4 is 36.4 Å². The van der Waals surface area contributed by atoms with E-state index in [9.17, 15) is 29.8 Å². The van der Waals surface area contributed by atoms with E-state index in [1.807, 2.05) is 13.0 Å². The zero-order valence-electron chi connectivity index (χ0n) is 22.6. The summed E-state index contributed by atoms with van der Waals surface area (Å²) in [5.74, 6) is -1.17. The highest BCUT2D eigenvalue weighted by atomic mass is 16.6. The quantitative estimate of drug-likeness (QED) is 0.151. The molecule has 5 rings (SSSR count). The van der Waals surface area contributed by atoms with Gasteiger partial charge in [0, 0.05) is 12.1 Å². The zero-order valence-corrected chi connectivity index (χ0v) is 22.6. The number of aliphatic hydroxyl groups is 1. The number of nitrogens with zero attached hydrogens (tertiary/aromatic N) is 2. The number of allylic oxidation sites excluding steroid dienone is 2. The molecule has 3 heterocycles. The Morgan fingerprint density at radius 3 is 2.73 bits per heavy atom. The Labute approximate surface area is 232 Å². The molecule has 2 amide bonds. The van der Waals surface area contributed by atoms with Gasteiger partial charge >= 0.3 is 7.12 Å². The number of furan rings is 1. The molecule has 2 aliphatic heterocycles. The Morgan fingerprint density at radius 2 is 2.02 bits per heavy atom. The van der Waals surface area contributed by atoms with Crippen LogP contribution in [0.3, 0.4) is 0 Å². The number of aliphatic hydroxyl groups excluding tert-OH is 1. The molecular formula is C29H33BN2O8. The molecule has 3 aliphatic rings. The van der Waals surface area contributed by atoms with Crippen LogP contribution in [0.1, 0.15) is 57.5 Å². The number of carbonyl (C=O) groups excluding carboxylic acids is 2. The van der Waals surface area contributed by atoms with E-state index in [0.29, 0.717) is 30.8 Å². The zero-order chi connectivity index (χ0) is 28.6. The average Bonchev–Trinajstić information content (AvgIpc) is 3.48. The van der Waals surface area contributed by atoms with Crippen LogP contribution in [0.5, 0.6) is 0 Å². The summed E-state index contributed by atoms with van der Waals surface area (Å²) >= 11 is 0. The third-order valence-electron chi connectivity index (χ3n) is 8.19. The predicted molar refractivity (Wildman–Crippen MR) is 148 cm³/mol. The van der Waals surface area contributed by atoms with Crippen LogP contribution in [0.25, 0.3) is 6.08 Å². The normalized spacial score (nSPS) is 24.9. The number of hydrogen-bond acceptors (Lipinski definition) is 8. The lowest BCUT2D eigenvalue weighted by atomic mass is 9.58. The summed E-state index contributed by atoms with van der Waals surface area (Å²) in [6.07, 6.45) is 5.01. The molecule has 11 heteroatoms. The highest BCUT2D eigenvalue weighted by Crippen LogP contribution is 2.52. The van der Waals surface area contributed by atoms with Gasteiger partial charge in [-0.15, -0.1) is 0 Å². The van der Waals surface area contributed by atoms with Gasteiger partial charge in [0.2, 0.25) is 11.8 Å². The number of nitro benzene ring substituents is 1. The minimum absolute atomic E-state index is 0.168. The highest BCUT2D eigenvalue weighted by molar-refractivity contribution is 6.43. The van der Waals surface area contributed by atoms with Crippen molar-refractivity contribution in [3.63, 3.8) is 0 Å². The molecule has 2 saturated heterocycles. The molecular weight excluding hydrogens is 515 g/mol. The van der Waals surface area contributed by atoms with Gasteiger partial charge < -0.3 is 19.2 Å². The van der Waals surface area contributed by atoms with E-state index in [4.69, 9.17) is 9.07 Å². The van der Waals surface area contributed by atoms with Crippen LogP contribution in [0, 0.1) is 27.9 Å². The molecule has 1 aliphatic carbocycles. The number of amides is 2. The van der Waals surface area contributed by atoms with Gasteiger partial charge in [0.05, 0.1) is 28.6 Å². The molecule has 0 bridgehead atoms. The lowest BCUT2D eigenvalue weighted by Crippen LogP contribution is -2.46. The molecule has 40 heavy (non-hydrogen) atoms. The van der Waals surface area contributed by atoms with Crippen molar-refractivity contribution in [2.75, 3.05) is 4.90 Å². The summed E-state index contributed by atoms with van der Waals surface area (Å²) < 4.78 is 11.6. The number of non-ortho nitro benzene ring substituents is 1. The van der Waals surface area contributed by atoms with Crippen LogP contribution in [-0.4, -0.2) is 40.1 Å². The number of carbonyl (C=O) groups is 2. The molecule has 0 radical (unpaired) electrons. The van der Waals surface area contributed by atoms with Crippen molar-refractivity contribution in [2.24, 2.45) is 17.8 Å². The van der Waals surface area contributed by atoms with Crippen LogP contribution >= 0.6 is 0 Å². The maximum absolute atomic E-state index is 13.8. The van der Waals surface area contributed by atoms with Crippen molar-refractivity contribution in [3.8, 4) is 0 Å². The first kappa shape index (κ1) is 28.0. The fraction of sp³-hybridized carbons (Fsp3) is 0.448. The molecule has 2 fully saturated rings. The minimum Gasteiger partial charge on any atom is -0.459 e. The summed E-state index contributed by atoms with van der Waals surface area (Å²) in [4.78, 5) is 39.3. The fourth-order valence-electron chi connectivity index (χ4n) is 6.53. The smallest absolute Gasteiger partial charge is 0.455 e. The van der Waals surface area contributed by atoms with Gasteiger partial charge in [0.1, 0.15) is 18.1 Å². The second-order valence-corrected chi connectivity index (χ2v) is 10.8. The molecule has 10 nitrogen and oxygen atoms in total. The lowest BCUT2D eigenvalue weighted by molar-refractivity contribution is -0.384. The maximum atomic E-state index is 13.8. The van der Waals surface area contributed by atoms with Crippen molar-refractivity contribution in [2.45, 2.75) is 65.0 Å². The summed E-state index contributed by atoms with van der Waals surface area (Å²) in [7, 11) is -1.07. The average molecular weight is 548 g/mol. The van der Waals surface area contributed by atoms with Crippen LogP contribution in [-0.2, 0) is 20.9 Å². The Hall–Kier alpha value is -3.54. The topological polar surface area (TPSA) is 143 Å². The first-order valence-corrected chi connectivity index (χ1v) is 13.8. The largest absolute Gasteiger partial charge is 0.459 e. The van der Waals surface area contributed by atoms with Gasteiger partial charge in [-0.05, 0) is 74.7 Å². The number of hydrogen-bond donors (Lipinski definition) is 2. The number of nitro groups is 1. The first-order chi connectivity index (χ1) is 19.2. The lowest BCUT2D eigenvalue weighted by Gasteiger charge is -2.43. The van der Waals surface area contributed by atoms with E-state index >= 15 is 0 Å². The standard InChI is InChI=1S/C29H33BN2O8/c1-3-5-18-13-23-27(29(35)31(28(23)34)19-6-4-7-20(14-19)32(37)38)24-15-30(36)40-25(26(18)24)11-8-17(2)12-21-9-10-22(16-33)39-21/h4,6-7,9-10,12,14,23-25,27,33,36H,3,5,8,11,13,15-16H2,1-2H3/b17-12+/t23-,24+,25-,27-/m1/s1. The Balaban J connectivity index is 1.43. The number of fused-ring (bicyclic) bond motifs is 3. The van der Waals surface area contributed by atoms with Crippen molar-refractivity contribution < 1.29 is 33.7 Å². The van der Waals surface area contributed by atoms with Crippen LogP contribution < -0.4 is 4.90 Å². The van der Waals surface area contributed by atoms with E-state index in [1.54, 1.807) is 18.2 Å². The first-order valence-electron chi connectivity index (χ1n) is 13.8. The Kier molecular flexibility index (Phi) is 8.07. The molecule has 1 aromatic heterocycles. The van der Waals surface area contributed by atoms with E-state index in [1.165, 1.54) is 18.2 Å².